The highest BCUT2D eigenvalue weighted by Crippen LogP contribution is 2.24. The third-order valence-electron chi connectivity index (χ3n) is 3.29. The molecule has 0 aliphatic carbocycles. The summed E-state index contributed by atoms with van der Waals surface area (Å²) in [4.78, 5) is 13.4. The zero-order valence-electron chi connectivity index (χ0n) is 11.7. The topological polar surface area (TPSA) is 72.3 Å². The molecule has 0 aliphatic rings. The molecule has 1 rings (SSSR count). The highest BCUT2D eigenvalue weighted by Gasteiger charge is 2.14. The molecule has 106 valence electrons. The standard InChI is InChI=1S/C14H22ClN3O/c1-9(2)12(16)6-7-18(3)13-8-10(15)4-5-11(13)14(17)19/h4-5,8-9,12H,6-7,16H2,1-3H3,(H2,17,19). The zero-order chi connectivity index (χ0) is 14.6. The first-order chi connectivity index (χ1) is 8.82. The Kier molecular flexibility index (Phi) is 5.63. The minimum Gasteiger partial charge on any atom is -0.374 e. The molecule has 0 bridgehead atoms. The third-order valence-corrected chi connectivity index (χ3v) is 3.53. The summed E-state index contributed by atoms with van der Waals surface area (Å²) in [6, 6.07) is 5.21. The number of rotatable bonds is 6. The molecule has 19 heavy (non-hydrogen) atoms. The molecule has 1 atom stereocenters. The van der Waals surface area contributed by atoms with Crippen LogP contribution >= 0.6 is 11.6 Å². The van der Waals surface area contributed by atoms with Crippen LogP contribution in [0.2, 0.25) is 5.02 Å². The number of anilines is 1. The van der Waals surface area contributed by atoms with Crippen LogP contribution in [0.15, 0.2) is 18.2 Å². The predicted octanol–water partition coefficient (Wildman–Crippen LogP) is 2.25. The van der Waals surface area contributed by atoms with Crippen LogP contribution in [0.1, 0.15) is 30.6 Å². The number of benzene rings is 1. The van der Waals surface area contributed by atoms with Crippen molar-refractivity contribution < 1.29 is 4.79 Å². The van der Waals surface area contributed by atoms with Crippen LogP contribution in [0, 0.1) is 5.92 Å². The quantitative estimate of drug-likeness (QED) is 0.841. The first-order valence-electron chi connectivity index (χ1n) is 6.39. The maximum absolute atomic E-state index is 11.4. The number of hydrogen-bond donors (Lipinski definition) is 2. The number of amides is 1. The second-order valence-corrected chi connectivity index (χ2v) is 5.58. The van der Waals surface area contributed by atoms with Gasteiger partial charge in [-0.2, -0.15) is 0 Å². The van der Waals surface area contributed by atoms with Crippen LogP contribution < -0.4 is 16.4 Å². The largest absolute Gasteiger partial charge is 0.374 e. The molecule has 5 heteroatoms. The van der Waals surface area contributed by atoms with E-state index in [4.69, 9.17) is 23.1 Å². The molecule has 1 aromatic carbocycles. The van der Waals surface area contributed by atoms with E-state index in [2.05, 4.69) is 13.8 Å². The van der Waals surface area contributed by atoms with Gasteiger partial charge in [-0.1, -0.05) is 25.4 Å². The molecule has 4 N–H and O–H groups in total. The van der Waals surface area contributed by atoms with Gasteiger partial charge in [-0.3, -0.25) is 4.79 Å². The van der Waals surface area contributed by atoms with Crippen molar-refractivity contribution in [3.8, 4) is 0 Å². The highest BCUT2D eigenvalue weighted by molar-refractivity contribution is 6.31. The number of nitrogens with two attached hydrogens (primary N) is 2. The molecule has 0 fully saturated rings. The van der Waals surface area contributed by atoms with E-state index >= 15 is 0 Å². The van der Waals surface area contributed by atoms with E-state index in [0.717, 1.165) is 18.7 Å². The Hall–Kier alpha value is -1.26. The Morgan fingerprint density at radius 2 is 2.05 bits per heavy atom. The molecule has 0 aromatic heterocycles. The number of carbonyl (C=O) groups excluding carboxylic acids is 1. The number of halogens is 1. The van der Waals surface area contributed by atoms with Gasteiger partial charge in [-0.25, -0.2) is 0 Å². The van der Waals surface area contributed by atoms with Crippen LogP contribution in [-0.2, 0) is 0 Å². The Morgan fingerprint density at radius 3 is 2.58 bits per heavy atom. The van der Waals surface area contributed by atoms with E-state index in [9.17, 15) is 4.79 Å². The van der Waals surface area contributed by atoms with Gasteiger partial charge in [0.15, 0.2) is 0 Å². The molecule has 1 amide bonds. The van der Waals surface area contributed by atoms with E-state index in [1.165, 1.54) is 0 Å². The van der Waals surface area contributed by atoms with Gasteiger partial charge < -0.3 is 16.4 Å². The molecular weight excluding hydrogens is 262 g/mol. The summed E-state index contributed by atoms with van der Waals surface area (Å²) < 4.78 is 0. The lowest BCUT2D eigenvalue weighted by molar-refractivity contribution is 0.100. The highest BCUT2D eigenvalue weighted by atomic mass is 35.5. The Morgan fingerprint density at radius 1 is 1.42 bits per heavy atom. The van der Waals surface area contributed by atoms with Gasteiger partial charge in [0.25, 0.3) is 5.91 Å². The molecule has 1 unspecified atom stereocenters. The van der Waals surface area contributed by atoms with E-state index < -0.39 is 5.91 Å². The fourth-order valence-corrected chi connectivity index (χ4v) is 1.99. The van der Waals surface area contributed by atoms with Gasteiger partial charge in [0.2, 0.25) is 0 Å². The summed E-state index contributed by atoms with van der Waals surface area (Å²) in [6.45, 7) is 4.94. The number of primary amides is 1. The summed E-state index contributed by atoms with van der Waals surface area (Å²) >= 11 is 5.98. The summed E-state index contributed by atoms with van der Waals surface area (Å²) in [6.07, 6.45) is 0.846. The van der Waals surface area contributed by atoms with Crippen molar-refractivity contribution in [2.24, 2.45) is 17.4 Å². The Bertz CT molecular complexity index is 448. The molecule has 0 saturated carbocycles. The fraction of sp³-hybridized carbons (Fsp3) is 0.500. The van der Waals surface area contributed by atoms with E-state index in [1.807, 2.05) is 11.9 Å². The molecule has 4 nitrogen and oxygen atoms in total. The van der Waals surface area contributed by atoms with E-state index in [-0.39, 0.29) is 6.04 Å². The fourth-order valence-electron chi connectivity index (χ4n) is 1.83. The van der Waals surface area contributed by atoms with Crippen molar-refractivity contribution in [2.45, 2.75) is 26.3 Å². The number of nitrogens with zero attached hydrogens (tertiary/aromatic N) is 1. The Labute approximate surface area is 119 Å². The number of carbonyl (C=O) groups is 1. The average molecular weight is 284 g/mol. The van der Waals surface area contributed by atoms with Crippen molar-refractivity contribution in [1.29, 1.82) is 0 Å². The molecule has 0 spiro atoms. The summed E-state index contributed by atoms with van der Waals surface area (Å²) in [7, 11) is 1.91. The molecular formula is C14H22ClN3O. The maximum atomic E-state index is 11.4. The second-order valence-electron chi connectivity index (χ2n) is 5.14. The van der Waals surface area contributed by atoms with Crippen LogP contribution in [-0.4, -0.2) is 25.5 Å². The molecule has 0 aliphatic heterocycles. The van der Waals surface area contributed by atoms with Gasteiger partial charge in [-0.05, 0) is 30.5 Å². The van der Waals surface area contributed by atoms with Crippen LogP contribution in [0.5, 0.6) is 0 Å². The van der Waals surface area contributed by atoms with Crippen LogP contribution in [0.4, 0.5) is 5.69 Å². The monoisotopic (exact) mass is 283 g/mol. The minimum absolute atomic E-state index is 0.138. The van der Waals surface area contributed by atoms with Gasteiger partial charge in [0, 0.05) is 24.7 Å². The lowest BCUT2D eigenvalue weighted by Gasteiger charge is -2.24. The van der Waals surface area contributed by atoms with E-state index in [1.54, 1.807) is 18.2 Å². The Balaban J connectivity index is 2.83. The first kappa shape index (κ1) is 15.8. The maximum Gasteiger partial charge on any atom is 0.250 e. The first-order valence-corrected chi connectivity index (χ1v) is 6.76. The SMILES string of the molecule is CC(C)C(N)CCN(C)c1cc(Cl)ccc1C(N)=O. The summed E-state index contributed by atoms with van der Waals surface area (Å²) in [5, 5.41) is 0.583. The summed E-state index contributed by atoms with van der Waals surface area (Å²) in [5.74, 6) is -0.0185. The van der Waals surface area contributed by atoms with E-state index in [0.29, 0.717) is 16.5 Å². The normalized spacial score (nSPS) is 12.5. The van der Waals surface area contributed by atoms with Crippen LogP contribution in [0.25, 0.3) is 0 Å². The average Bonchev–Trinajstić information content (AvgIpc) is 2.34. The van der Waals surface area contributed by atoms with Crippen molar-refractivity contribution in [1.82, 2.24) is 0 Å². The van der Waals surface area contributed by atoms with Crippen molar-refractivity contribution in [2.75, 3.05) is 18.5 Å². The molecule has 0 heterocycles. The van der Waals surface area contributed by atoms with Gasteiger partial charge in [-0.15, -0.1) is 0 Å². The van der Waals surface area contributed by atoms with Crippen molar-refractivity contribution >= 4 is 23.2 Å². The molecule has 0 radical (unpaired) electrons. The third kappa shape index (κ3) is 4.40. The summed E-state index contributed by atoms with van der Waals surface area (Å²) in [5.41, 5.74) is 12.6. The molecule has 1 aromatic rings. The van der Waals surface area contributed by atoms with Crippen LogP contribution in [0.3, 0.4) is 0 Å². The van der Waals surface area contributed by atoms with Gasteiger partial charge >= 0.3 is 0 Å². The smallest absolute Gasteiger partial charge is 0.250 e. The van der Waals surface area contributed by atoms with Crippen molar-refractivity contribution in [3.63, 3.8) is 0 Å². The lowest BCUT2D eigenvalue weighted by atomic mass is 10.0. The predicted molar refractivity (Wildman–Crippen MR) is 80.7 cm³/mol. The lowest BCUT2D eigenvalue weighted by Crippen LogP contribution is -2.32. The molecule has 0 saturated heterocycles. The number of hydrogen-bond acceptors (Lipinski definition) is 3. The zero-order valence-corrected chi connectivity index (χ0v) is 12.4. The minimum atomic E-state index is -0.452. The van der Waals surface area contributed by atoms with Crippen molar-refractivity contribution in [3.05, 3.63) is 28.8 Å². The second kappa shape index (κ2) is 6.78. The van der Waals surface area contributed by atoms with Gasteiger partial charge in [0.05, 0.1) is 11.3 Å². The van der Waals surface area contributed by atoms with Gasteiger partial charge in [0.1, 0.15) is 0 Å².